The number of rotatable bonds is 2. The van der Waals surface area contributed by atoms with Gasteiger partial charge in [0.25, 0.3) is 0 Å². The molecule has 0 unspecified atom stereocenters. The minimum Gasteiger partial charge on any atom is -0.319 e. The number of para-hydroxylation sites is 1. The van der Waals surface area contributed by atoms with Crippen LogP contribution in [-0.4, -0.2) is 18.2 Å². The third-order valence-electron chi connectivity index (χ3n) is 3.38. The number of fused-ring (bicyclic) bond motifs is 1. The highest BCUT2D eigenvalue weighted by Gasteiger charge is 2.23. The van der Waals surface area contributed by atoms with Crippen molar-refractivity contribution in [3.63, 3.8) is 0 Å². The molecule has 2 aromatic rings. The molecule has 106 valence electrons. The lowest BCUT2D eigenvalue weighted by Gasteiger charge is -2.18. The first-order chi connectivity index (χ1) is 10.1. The van der Waals surface area contributed by atoms with Crippen molar-refractivity contribution in [3.8, 4) is 0 Å². The molecule has 1 heterocycles. The Morgan fingerprint density at radius 1 is 1.10 bits per heavy atom. The minimum atomic E-state index is -0.802. The second-order valence-corrected chi connectivity index (χ2v) is 4.78. The van der Waals surface area contributed by atoms with Crippen LogP contribution < -0.4 is 5.32 Å². The van der Waals surface area contributed by atoms with Crippen molar-refractivity contribution < 1.29 is 13.6 Å². The summed E-state index contributed by atoms with van der Waals surface area (Å²) in [6, 6.07) is 10.3. The molecule has 3 rings (SSSR count). The molecule has 3 nitrogen and oxygen atoms in total. The van der Waals surface area contributed by atoms with Crippen molar-refractivity contribution in [2.75, 3.05) is 5.32 Å². The van der Waals surface area contributed by atoms with Gasteiger partial charge < -0.3 is 5.32 Å². The summed E-state index contributed by atoms with van der Waals surface area (Å²) in [5.41, 5.74) is 1.51. The molecule has 0 saturated carbocycles. The van der Waals surface area contributed by atoms with E-state index in [0.29, 0.717) is 6.42 Å². The van der Waals surface area contributed by atoms with Crippen molar-refractivity contribution >= 4 is 17.8 Å². The lowest BCUT2D eigenvalue weighted by atomic mass is 9.98. The zero-order chi connectivity index (χ0) is 14.8. The number of carbonyl (C=O) groups excluding carboxylic acids is 1. The molecule has 0 saturated heterocycles. The Bertz CT molecular complexity index is 708. The number of hydrogen-bond acceptors (Lipinski definition) is 2. The third-order valence-corrected chi connectivity index (χ3v) is 3.38. The number of benzene rings is 2. The van der Waals surface area contributed by atoms with E-state index < -0.39 is 29.3 Å². The first kappa shape index (κ1) is 13.4. The Labute approximate surface area is 120 Å². The lowest BCUT2D eigenvalue weighted by molar-refractivity contribution is -0.117. The molecule has 0 fully saturated rings. The van der Waals surface area contributed by atoms with Gasteiger partial charge in [-0.1, -0.05) is 30.3 Å². The van der Waals surface area contributed by atoms with Gasteiger partial charge in [-0.25, -0.2) is 8.78 Å². The van der Waals surface area contributed by atoms with Crippen LogP contribution in [-0.2, 0) is 11.2 Å². The average Bonchev–Trinajstić information content (AvgIpc) is 2.50. The summed E-state index contributed by atoms with van der Waals surface area (Å²) in [5.74, 6) is -2.13. The third kappa shape index (κ3) is 2.67. The first-order valence-electron chi connectivity index (χ1n) is 6.51. The fraction of sp³-hybridized carbons (Fsp3) is 0.125. The summed E-state index contributed by atoms with van der Waals surface area (Å²) >= 11 is 0. The van der Waals surface area contributed by atoms with Gasteiger partial charge in [-0.05, 0) is 23.3 Å². The van der Waals surface area contributed by atoms with Gasteiger partial charge in [-0.2, -0.15) is 0 Å². The summed E-state index contributed by atoms with van der Waals surface area (Å²) in [6.45, 7) is 0. The average molecular weight is 286 g/mol. The number of halogens is 2. The highest BCUT2D eigenvalue weighted by atomic mass is 19.1. The zero-order valence-corrected chi connectivity index (χ0v) is 11.0. The lowest BCUT2D eigenvalue weighted by Crippen LogP contribution is -2.31. The second kappa shape index (κ2) is 5.44. The highest BCUT2D eigenvalue weighted by Crippen LogP contribution is 2.21. The molecule has 0 aliphatic carbocycles. The van der Waals surface area contributed by atoms with E-state index in [4.69, 9.17) is 0 Å². The Balaban J connectivity index is 1.79. The maximum atomic E-state index is 13.5. The predicted molar refractivity (Wildman–Crippen MR) is 76.5 cm³/mol. The summed E-state index contributed by atoms with van der Waals surface area (Å²) in [4.78, 5) is 16.3. The van der Waals surface area contributed by atoms with Gasteiger partial charge in [-0.15, -0.1) is 0 Å². The van der Waals surface area contributed by atoms with Crippen LogP contribution in [0.25, 0.3) is 0 Å². The number of nitrogens with zero attached hydrogens (tertiary/aromatic N) is 1. The van der Waals surface area contributed by atoms with Crippen LogP contribution in [0.2, 0.25) is 0 Å². The van der Waals surface area contributed by atoms with E-state index >= 15 is 0 Å². The second-order valence-electron chi connectivity index (χ2n) is 4.78. The topological polar surface area (TPSA) is 41.5 Å². The quantitative estimate of drug-likeness (QED) is 0.906. The van der Waals surface area contributed by atoms with Crippen LogP contribution in [0.5, 0.6) is 0 Å². The number of aliphatic imine (C=N–C) groups is 1. The van der Waals surface area contributed by atoms with Crippen LogP contribution in [0, 0.1) is 11.6 Å². The number of hydrogen-bond donors (Lipinski definition) is 1. The molecule has 1 aliphatic heterocycles. The van der Waals surface area contributed by atoms with Crippen LogP contribution >= 0.6 is 0 Å². The Hall–Kier alpha value is -2.56. The predicted octanol–water partition coefficient (Wildman–Crippen LogP) is 2.95. The summed E-state index contributed by atoms with van der Waals surface area (Å²) in [5, 5.41) is 2.28. The summed E-state index contributed by atoms with van der Waals surface area (Å²) < 4.78 is 27.0. The van der Waals surface area contributed by atoms with Crippen LogP contribution in [0.15, 0.2) is 47.5 Å². The van der Waals surface area contributed by atoms with Gasteiger partial charge in [-0.3, -0.25) is 9.79 Å². The molecule has 5 heteroatoms. The monoisotopic (exact) mass is 286 g/mol. The van der Waals surface area contributed by atoms with Gasteiger partial charge in [0, 0.05) is 12.6 Å². The number of nitrogens with one attached hydrogen (secondary N) is 1. The van der Waals surface area contributed by atoms with Crippen molar-refractivity contribution in [1.29, 1.82) is 0 Å². The molecule has 0 radical (unpaired) electrons. The molecule has 1 amide bonds. The smallest absolute Gasteiger partial charge is 0.249 e. The van der Waals surface area contributed by atoms with Crippen LogP contribution in [0.1, 0.15) is 11.1 Å². The molecular weight excluding hydrogens is 274 g/mol. The van der Waals surface area contributed by atoms with Gasteiger partial charge in [0.1, 0.15) is 23.4 Å². The van der Waals surface area contributed by atoms with Gasteiger partial charge in [0.15, 0.2) is 0 Å². The molecule has 1 aliphatic rings. The fourth-order valence-electron chi connectivity index (χ4n) is 2.26. The minimum absolute atomic E-state index is 0.411. The van der Waals surface area contributed by atoms with E-state index in [9.17, 15) is 13.6 Å². The number of carbonyl (C=O) groups is 1. The largest absolute Gasteiger partial charge is 0.319 e. The Kier molecular flexibility index (Phi) is 3.48. The summed E-state index contributed by atoms with van der Waals surface area (Å²) in [7, 11) is 0. The molecule has 1 N–H and O–H groups in total. The van der Waals surface area contributed by atoms with E-state index in [1.54, 1.807) is 6.21 Å². The first-order valence-corrected chi connectivity index (χ1v) is 6.51. The maximum absolute atomic E-state index is 13.5. The normalized spacial score (nSPS) is 16.4. The maximum Gasteiger partial charge on any atom is 0.249 e. The number of anilines is 1. The Morgan fingerprint density at radius 2 is 1.81 bits per heavy atom. The standard InChI is InChI=1S/C16H12F2N2O/c17-12-6-3-7-13(18)15(12)20-16(21)14-8-10-4-1-2-5-11(10)9-19-14/h1-7,9,14H,8H2,(H,20,21)/t14-/m0/s1. The SMILES string of the molecule is O=C(Nc1c(F)cccc1F)[C@@H]1Cc2ccccc2C=N1. The molecular formula is C16H12F2N2O. The summed E-state index contributed by atoms with van der Waals surface area (Å²) in [6.07, 6.45) is 2.02. The fourth-order valence-corrected chi connectivity index (χ4v) is 2.26. The van der Waals surface area contributed by atoms with Crippen LogP contribution in [0.4, 0.5) is 14.5 Å². The van der Waals surface area contributed by atoms with E-state index in [1.807, 2.05) is 24.3 Å². The molecule has 21 heavy (non-hydrogen) atoms. The van der Waals surface area contributed by atoms with E-state index in [0.717, 1.165) is 23.3 Å². The van der Waals surface area contributed by atoms with Gasteiger partial charge in [0.05, 0.1) is 0 Å². The van der Waals surface area contributed by atoms with Crippen molar-refractivity contribution in [1.82, 2.24) is 0 Å². The van der Waals surface area contributed by atoms with E-state index in [2.05, 4.69) is 10.3 Å². The highest BCUT2D eigenvalue weighted by molar-refractivity contribution is 5.98. The molecule has 0 bridgehead atoms. The molecule has 1 atom stereocenters. The number of amides is 1. The van der Waals surface area contributed by atoms with Crippen molar-refractivity contribution in [2.45, 2.75) is 12.5 Å². The van der Waals surface area contributed by atoms with Gasteiger partial charge in [0.2, 0.25) is 5.91 Å². The van der Waals surface area contributed by atoms with Crippen LogP contribution in [0.3, 0.4) is 0 Å². The zero-order valence-electron chi connectivity index (χ0n) is 11.0. The molecule has 0 spiro atoms. The van der Waals surface area contributed by atoms with Gasteiger partial charge >= 0.3 is 0 Å². The Morgan fingerprint density at radius 3 is 2.57 bits per heavy atom. The van der Waals surface area contributed by atoms with Crippen molar-refractivity contribution in [3.05, 3.63) is 65.2 Å². The van der Waals surface area contributed by atoms with Crippen molar-refractivity contribution in [2.24, 2.45) is 4.99 Å². The van der Waals surface area contributed by atoms with E-state index in [1.165, 1.54) is 6.07 Å². The van der Waals surface area contributed by atoms with E-state index in [-0.39, 0.29) is 0 Å². The molecule has 0 aromatic heterocycles. The molecule has 2 aromatic carbocycles.